The van der Waals surface area contributed by atoms with Crippen LogP contribution in [0.2, 0.25) is 0 Å². The summed E-state index contributed by atoms with van der Waals surface area (Å²) in [6.45, 7) is 0. The fraction of sp³-hybridized carbons (Fsp3) is 0.214. The predicted molar refractivity (Wildman–Crippen MR) is 76.4 cm³/mol. The molecule has 0 saturated heterocycles. The van der Waals surface area contributed by atoms with Crippen LogP contribution < -0.4 is 19.8 Å². The molecule has 2 aromatic rings. The number of rotatable bonds is 5. The minimum Gasteiger partial charge on any atom is -0.497 e. The Labute approximate surface area is 125 Å². The highest BCUT2D eigenvalue weighted by Gasteiger charge is 2.17. The molecule has 0 unspecified atom stereocenters. The average molecular weight is 306 g/mol. The molecule has 0 atom stereocenters. The topological polar surface area (TPSA) is 99.9 Å². The van der Waals surface area contributed by atoms with E-state index in [1.807, 2.05) is 0 Å². The minimum absolute atomic E-state index is 0.108. The third-order valence-electron chi connectivity index (χ3n) is 2.90. The van der Waals surface area contributed by atoms with Crippen LogP contribution in [-0.4, -0.2) is 42.2 Å². The van der Waals surface area contributed by atoms with Gasteiger partial charge in [0.05, 0.1) is 33.1 Å². The molecule has 1 heterocycles. The first kappa shape index (κ1) is 15.4. The van der Waals surface area contributed by atoms with Crippen LogP contribution in [0, 0.1) is 0 Å². The molecule has 0 fully saturated rings. The summed E-state index contributed by atoms with van der Waals surface area (Å²) in [6.07, 6.45) is 0. The van der Waals surface area contributed by atoms with Crippen molar-refractivity contribution in [2.75, 3.05) is 21.3 Å². The molecule has 0 spiro atoms. The second-order valence-electron chi connectivity index (χ2n) is 4.19. The number of hydrogen-bond acceptors (Lipinski definition) is 6. The molecule has 0 saturated carbocycles. The minimum atomic E-state index is -1.31. The molecule has 2 rings (SSSR count). The van der Waals surface area contributed by atoms with Gasteiger partial charge in [0.15, 0.2) is 5.75 Å². The molecule has 8 heteroatoms. The molecule has 22 heavy (non-hydrogen) atoms. The molecule has 8 nitrogen and oxygen atoms in total. The summed E-state index contributed by atoms with van der Waals surface area (Å²) in [5.74, 6) is -0.532. The van der Waals surface area contributed by atoms with Crippen LogP contribution in [0.15, 0.2) is 29.1 Å². The van der Waals surface area contributed by atoms with Gasteiger partial charge in [0.2, 0.25) is 5.69 Å². The molecular weight excluding hydrogens is 292 g/mol. The summed E-state index contributed by atoms with van der Waals surface area (Å²) in [5.41, 5.74) is -0.604. The number of ether oxygens (including phenoxy) is 3. The lowest BCUT2D eigenvalue weighted by Gasteiger charge is -2.11. The van der Waals surface area contributed by atoms with Crippen LogP contribution >= 0.6 is 0 Å². The predicted octanol–water partition coefficient (Wildman–Crippen LogP) is 0.956. The number of carbonyl (C=O) groups is 1. The highest BCUT2D eigenvalue weighted by Crippen LogP contribution is 2.24. The van der Waals surface area contributed by atoms with E-state index >= 15 is 0 Å². The third kappa shape index (κ3) is 2.85. The van der Waals surface area contributed by atoms with Crippen molar-refractivity contribution in [3.8, 4) is 22.9 Å². The van der Waals surface area contributed by atoms with Gasteiger partial charge < -0.3 is 19.3 Å². The fourth-order valence-corrected chi connectivity index (χ4v) is 1.84. The number of nitrogens with zero attached hydrogens (tertiary/aromatic N) is 2. The number of benzene rings is 1. The lowest BCUT2D eigenvalue weighted by atomic mass is 10.2. The van der Waals surface area contributed by atoms with Gasteiger partial charge in [0, 0.05) is 18.2 Å². The Balaban J connectivity index is 2.69. The maximum absolute atomic E-state index is 12.1. The van der Waals surface area contributed by atoms with Crippen molar-refractivity contribution in [2.45, 2.75) is 0 Å². The van der Waals surface area contributed by atoms with Gasteiger partial charge in [0.25, 0.3) is 5.56 Å². The summed E-state index contributed by atoms with van der Waals surface area (Å²) in [5, 5.41) is 13.0. The molecule has 1 aromatic carbocycles. The molecule has 0 aliphatic carbocycles. The average Bonchev–Trinajstić information content (AvgIpc) is 2.53. The van der Waals surface area contributed by atoms with Gasteiger partial charge >= 0.3 is 5.97 Å². The summed E-state index contributed by atoms with van der Waals surface area (Å²) in [6, 6.07) is 5.75. The molecule has 0 aliphatic heterocycles. The van der Waals surface area contributed by atoms with Crippen LogP contribution in [0.3, 0.4) is 0 Å². The zero-order chi connectivity index (χ0) is 16.3. The molecule has 1 aromatic heterocycles. The van der Waals surface area contributed by atoms with Crippen LogP contribution in [0.5, 0.6) is 17.2 Å². The van der Waals surface area contributed by atoms with E-state index in [0.29, 0.717) is 17.2 Å². The van der Waals surface area contributed by atoms with E-state index < -0.39 is 11.5 Å². The summed E-state index contributed by atoms with van der Waals surface area (Å²) in [7, 11) is 4.19. The largest absolute Gasteiger partial charge is 0.497 e. The number of aromatic carboxylic acids is 1. The fourth-order valence-electron chi connectivity index (χ4n) is 1.84. The second kappa shape index (κ2) is 6.17. The van der Waals surface area contributed by atoms with E-state index in [1.54, 1.807) is 6.07 Å². The van der Waals surface area contributed by atoms with E-state index in [4.69, 9.17) is 19.3 Å². The SMILES string of the molecule is COc1cc(OC)cc(-n2nc(C(=O)O)c(OC)cc2=O)c1. The normalized spacial score (nSPS) is 10.1. The maximum atomic E-state index is 12.1. The first-order chi connectivity index (χ1) is 10.5. The summed E-state index contributed by atoms with van der Waals surface area (Å²) in [4.78, 5) is 23.3. The van der Waals surface area contributed by atoms with Crippen molar-refractivity contribution >= 4 is 5.97 Å². The molecule has 0 radical (unpaired) electrons. The summed E-state index contributed by atoms with van der Waals surface area (Å²) >= 11 is 0. The van der Waals surface area contributed by atoms with Gasteiger partial charge in [-0.3, -0.25) is 4.79 Å². The van der Waals surface area contributed by atoms with Crippen LogP contribution in [0.25, 0.3) is 5.69 Å². The van der Waals surface area contributed by atoms with Crippen LogP contribution in [-0.2, 0) is 0 Å². The number of methoxy groups -OCH3 is 3. The Bertz CT molecular complexity index is 746. The van der Waals surface area contributed by atoms with Crippen molar-refractivity contribution in [1.82, 2.24) is 9.78 Å². The van der Waals surface area contributed by atoms with Crippen molar-refractivity contribution in [1.29, 1.82) is 0 Å². The lowest BCUT2D eigenvalue weighted by molar-refractivity contribution is 0.0684. The van der Waals surface area contributed by atoms with Crippen LogP contribution in [0.1, 0.15) is 10.5 Å². The van der Waals surface area contributed by atoms with Crippen LogP contribution in [0.4, 0.5) is 0 Å². The Morgan fingerprint density at radius 2 is 1.64 bits per heavy atom. The Hall–Kier alpha value is -3.03. The van der Waals surface area contributed by atoms with Crippen molar-refractivity contribution in [3.63, 3.8) is 0 Å². The van der Waals surface area contributed by atoms with Gasteiger partial charge in [0.1, 0.15) is 11.5 Å². The van der Waals surface area contributed by atoms with E-state index in [9.17, 15) is 9.59 Å². The second-order valence-corrected chi connectivity index (χ2v) is 4.19. The number of carboxylic acids is 1. The molecule has 0 aliphatic rings. The number of carboxylic acid groups (broad SMARTS) is 1. The summed E-state index contributed by atoms with van der Waals surface area (Å²) < 4.78 is 16.0. The van der Waals surface area contributed by atoms with Gasteiger partial charge in [-0.05, 0) is 0 Å². The van der Waals surface area contributed by atoms with Gasteiger partial charge in [-0.15, -0.1) is 0 Å². The maximum Gasteiger partial charge on any atom is 0.360 e. The number of aromatic nitrogens is 2. The van der Waals surface area contributed by atoms with Gasteiger partial charge in [-0.1, -0.05) is 0 Å². The Kier molecular flexibility index (Phi) is 4.31. The van der Waals surface area contributed by atoms with E-state index in [-0.39, 0.29) is 11.4 Å². The lowest BCUT2D eigenvalue weighted by Crippen LogP contribution is -2.24. The monoisotopic (exact) mass is 306 g/mol. The molecule has 0 amide bonds. The molecule has 116 valence electrons. The highest BCUT2D eigenvalue weighted by atomic mass is 16.5. The van der Waals surface area contributed by atoms with Gasteiger partial charge in [-0.25, -0.2) is 4.79 Å². The standard InChI is InChI=1S/C14H14N2O6/c1-20-9-4-8(5-10(6-9)21-2)16-12(17)7-11(22-3)13(15-16)14(18)19/h4-7H,1-3H3,(H,18,19). The van der Waals surface area contributed by atoms with E-state index in [2.05, 4.69) is 5.10 Å². The van der Waals surface area contributed by atoms with E-state index in [1.165, 1.54) is 33.5 Å². The van der Waals surface area contributed by atoms with Gasteiger partial charge in [-0.2, -0.15) is 9.78 Å². The smallest absolute Gasteiger partial charge is 0.360 e. The molecular formula is C14H14N2O6. The first-order valence-electron chi connectivity index (χ1n) is 6.15. The van der Waals surface area contributed by atoms with Crippen molar-refractivity contribution in [3.05, 3.63) is 40.3 Å². The zero-order valence-electron chi connectivity index (χ0n) is 12.2. The number of hydrogen-bond donors (Lipinski definition) is 1. The third-order valence-corrected chi connectivity index (χ3v) is 2.90. The van der Waals surface area contributed by atoms with Crippen molar-refractivity contribution < 1.29 is 24.1 Å². The van der Waals surface area contributed by atoms with E-state index in [0.717, 1.165) is 10.7 Å². The van der Waals surface area contributed by atoms with Crippen molar-refractivity contribution in [2.24, 2.45) is 0 Å². The Morgan fingerprint density at radius 3 is 2.09 bits per heavy atom. The molecule has 1 N–H and O–H groups in total. The zero-order valence-corrected chi connectivity index (χ0v) is 12.2. The highest BCUT2D eigenvalue weighted by molar-refractivity contribution is 5.88. The quantitative estimate of drug-likeness (QED) is 0.878. The molecule has 0 bridgehead atoms. The first-order valence-corrected chi connectivity index (χ1v) is 6.15. The Morgan fingerprint density at radius 1 is 1.05 bits per heavy atom.